The van der Waals surface area contributed by atoms with Crippen LogP contribution in [0.5, 0.6) is 0 Å². The quantitative estimate of drug-likeness (QED) is 0.545. The molecule has 0 radical (unpaired) electrons. The maximum Gasteiger partial charge on any atom is 0.0744 e. The van der Waals surface area contributed by atoms with Gasteiger partial charge in [-0.05, 0) is 39.0 Å². The van der Waals surface area contributed by atoms with Crippen LogP contribution in [0.4, 0.5) is 0 Å². The Morgan fingerprint density at radius 3 is 2.67 bits per heavy atom. The fraction of sp³-hybridized carbons (Fsp3) is 0.800. The first kappa shape index (κ1) is 10.3. The van der Waals surface area contributed by atoms with Gasteiger partial charge >= 0.3 is 0 Å². The van der Waals surface area contributed by atoms with E-state index in [0.717, 1.165) is 19.3 Å². The number of aliphatic hydroxyl groups is 1. The predicted octanol–water partition coefficient (Wildman–Crippen LogP) is 2.88. The number of halogens is 1. The lowest BCUT2D eigenvalue weighted by Gasteiger charge is -2.38. The Morgan fingerprint density at radius 1 is 1.67 bits per heavy atom. The molecule has 1 unspecified atom stereocenters. The van der Waals surface area contributed by atoms with Crippen molar-refractivity contribution < 1.29 is 5.11 Å². The largest absolute Gasteiger partial charge is 0.389 e. The lowest BCUT2D eigenvalue weighted by atomic mass is 9.77. The van der Waals surface area contributed by atoms with E-state index < -0.39 is 5.60 Å². The molecule has 0 aromatic heterocycles. The van der Waals surface area contributed by atoms with Crippen LogP contribution in [0.3, 0.4) is 0 Å². The summed E-state index contributed by atoms with van der Waals surface area (Å²) in [5.41, 5.74) is 0.723. The second-order valence-corrected chi connectivity index (χ2v) is 5.25. The molecule has 1 rings (SSSR count). The van der Waals surface area contributed by atoms with Crippen LogP contribution in [0.25, 0.3) is 0 Å². The van der Waals surface area contributed by atoms with E-state index >= 15 is 0 Å². The fourth-order valence-electron chi connectivity index (χ4n) is 1.69. The molecule has 0 amide bonds. The fourth-order valence-corrected chi connectivity index (χ4v) is 2.37. The summed E-state index contributed by atoms with van der Waals surface area (Å²) in [5, 5.41) is 9.87. The van der Waals surface area contributed by atoms with Gasteiger partial charge in [0.25, 0.3) is 0 Å². The number of allylic oxidation sites excluding steroid dienone is 1. The van der Waals surface area contributed by atoms with E-state index in [-0.39, 0.29) is 4.83 Å². The van der Waals surface area contributed by atoms with Gasteiger partial charge in [-0.1, -0.05) is 28.1 Å². The number of rotatable bonds is 1. The Hall–Kier alpha value is 0.180. The smallest absolute Gasteiger partial charge is 0.0744 e. The minimum atomic E-state index is -0.522. The van der Waals surface area contributed by atoms with Gasteiger partial charge in [0.1, 0.15) is 0 Å². The highest BCUT2D eigenvalue weighted by Gasteiger charge is 2.36. The topological polar surface area (TPSA) is 20.2 Å². The molecule has 0 bridgehead atoms. The molecule has 0 aromatic carbocycles. The average Bonchev–Trinajstić information content (AvgIpc) is 1.94. The third-order valence-corrected chi connectivity index (χ3v) is 4.22. The molecule has 0 spiro atoms. The Morgan fingerprint density at radius 2 is 2.25 bits per heavy atom. The molecule has 0 aliphatic heterocycles. The van der Waals surface area contributed by atoms with Gasteiger partial charge in [0, 0.05) is 4.83 Å². The third kappa shape index (κ3) is 2.11. The van der Waals surface area contributed by atoms with E-state index in [1.807, 2.05) is 6.92 Å². The maximum absolute atomic E-state index is 9.87. The van der Waals surface area contributed by atoms with Crippen LogP contribution in [0.1, 0.15) is 33.1 Å². The normalized spacial score (nSPS) is 42.7. The summed E-state index contributed by atoms with van der Waals surface area (Å²) in [6.07, 6.45) is 2.97. The highest BCUT2D eigenvalue weighted by molar-refractivity contribution is 9.09. The van der Waals surface area contributed by atoms with Gasteiger partial charge in [-0.25, -0.2) is 0 Å². The third-order valence-electron chi connectivity index (χ3n) is 2.86. The molecule has 12 heavy (non-hydrogen) atoms. The van der Waals surface area contributed by atoms with Crippen LogP contribution in [0, 0.1) is 5.92 Å². The molecule has 0 heterocycles. The average molecular weight is 233 g/mol. The zero-order chi connectivity index (χ0) is 9.35. The van der Waals surface area contributed by atoms with Crippen molar-refractivity contribution in [2.45, 2.75) is 43.5 Å². The number of alkyl halides is 1. The Bertz CT molecular complexity index is 186. The van der Waals surface area contributed by atoms with E-state index in [9.17, 15) is 5.11 Å². The Balaban J connectivity index is 2.58. The molecule has 1 aliphatic carbocycles. The minimum absolute atomic E-state index is 0.223. The highest BCUT2D eigenvalue weighted by Crippen LogP contribution is 2.38. The van der Waals surface area contributed by atoms with Crippen molar-refractivity contribution in [2.24, 2.45) is 5.92 Å². The van der Waals surface area contributed by atoms with Crippen molar-refractivity contribution in [1.29, 1.82) is 0 Å². The SMILES string of the molecule is C=C(C)C1CC[C@@](C)(O)[C@H](Br)C1. The van der Waals surface area contributed by atoms with Gasteiger partial charge < -0.3 is 5.11 Å². The van der Waals surface area contributed by atoms with Crippen molar-refractivity contribution in [3.8, 4) is 0 Å². The predicted molar refractivity (Wildman–Crippen MR) is 55.5 cm³/mol. The zero-order valence-electron chi connectivity index (χ0n) is 7.81. The van der Waals surface area contributed by atoms with E-state index in [1.54, 1.807) is 0 Å². The van der Waals surface area contributed by atoms with Crippen molar-refractivity contribution in [2.75, 3.05) is 0 Å². The van der Waals surface area contributed by atoms with Gasteiger partial charge in [-0.15, -0.1) is 0 Å². The molecule has 1 aliphatic rings. The first-order chi connectivity index (χ1) is 5.43. The Kier molecular flexibility index (Phi) is 3.00. The summed E-state index contributed by atoms with van der Waals surface area (Å²) in [7, 11) is 0. The van der Waals surface area contributed by atoms with Crippen LogP contribution in [-0.4, -0.2) is 15.5 Å². The van der Waals surface area contributed by atoms with Crippen molar-refractivity contribution in [3.63, 3.8) is 0 Å². The molecule has 1 N–H and O–H groups in total. The summed E-state index contributed by atoms with van der Waals surface area (Å²) in [6.45, 7) is 7.94. The lowest BCUT2D eigenvalue weighted by molar-refractivity contribution is 0.0215. The Labute approximate surface area is 83.0 Å². The standard InChI is InChI=1S/C10H17BrO/c1-7(2)8-4-5-10(3,12)9(11)6-8/h8-9,12H,1,4-6H2,2-3H3/t8?,9-,10-/m1/s1. The van der Waals surface area contributed by atoms with Crippen LogP contribution in [0.2, 0.25) is 0 Å². The van der Waals surface area contributed by atoms with Crippen molar-refractivity contribution >= 4 is 15.9 Å². The summed E-state index contributed by atoms with van der Waals surface area (Å²) in [4.78, 5) is 0.223. The number of hydrogen-bond donors (Lipinski definition) is 1. The summed E-state index contributed by atoms with van der Waals surface area (Å²) in [5.74, 6) is 0.592. The highest BCUT2D eigenvalue weighted by atomic mass is 79.9. The lowest BCUT2D eigenvalue weighted by Crippen LogP contribution is -2.41. The second kappa shape index (κ2) is 3.51. The summed E-state index contributed by atoms with van der Waals surface area (Å²) in [6, 6.07) is 0. The van der Waals surface area contributed by atoms with Gasteiger partial charge in [0.05, 0.1) is 5.60 Å². The zero-order valence-corrected chi connectivity index (χ0v) is 9.39. The van der Waals surface area contributed by atoms with Crippen LogP contribution in [0.15, 0.2) is 12.2 Å². The molecule has 1 fully saturated rings. The van der Waals surface area contributed by atoms with Gasteiger partial charge in [-0.3, -0.25) is 0 Å². The molecule has 70 valence electrons. The van der Waals surface area contributed by atoms with Crippen LogP contribution >= 0.6 is 15.9 Å². The molecule has 0 saturated heterocycles. The summed E-state index contributed by atoms with van der Waals surface area (Å²) < 4.78 is 0. The van der Waals surface area contributed by atoms with Crippen molar-refractivity contribution in [3.05, 3.63) is 12.2 Å². The van der Waals surface area contributed by atoms with Gasteiger partial charge in [0.15, 0.2) is 0 Å². The van der Waals surface area contributed by atoms with Crippen molar-refractivity contribution in [1.82, 2.24) is 0 Å². The minimum Gasteiger partial charge on any atom is -0.389 e. The van der Waals surface area contributed by atoms with E-state index in [4.69, 9.17) is 0 Å². The first-order valence-electron chi connectivity index (χ1n) is 4.45. The molecule has 1 saturated carbocycles. The molecular weight excluding hydrogens is 216 g/mol. The van der Waals surface area contributed by atoms with Crippen LogP contribution < -0.4 is 0 Å². The molecule has 1 nitrogen and oxygen atoms in total. The van der Waals surface area contributed by atoms with Crippen LogP contribution in [-0.2, 0) is 0 Å². The van der Waals surface area contributed by atoms with E-state index in [0.29, 0.717) is 5.92 Å². The number of hydrogen-bond acceptors (Lipinski definition) is 1. The second-order valence-electron chi connectivity index (χ2n) is 4.14. The first-order valence-corrected chi connectivity index (χ1v) is 5.37. The van der Waals surface area contributed by atoms with Gasteiger partial charge in [-0.2, -0.15) is 0 Å². The molecule has 2 heteroatoms. The molecule has 0 aromatic rings. The van der Waals surface area contributed by atoms with E-state index in [1.165, 1.54) is 5.57 Å². The summed E-state index contributed by atoms with van der Waals surface area (Å²) >= 11 is 3.53. The van der Waals surface area contributed by atoms with Gasteiger partial charge in [0.2, 0.25) is 0 Å². The maximum atomic E-state index is 9.87. The molecule has 3 atom stereocenters. The monoisotopic (exact) mass is 232 g/mol. The van der Waals surface area contributed by atoms with E-state index in [2.05, 4.69) is 29.4 Å². The molecular formula is C10H17BrO.